The van der Waals surface area contributed by atoms with Gasteiger partial charge in [-0.1, -0.05) is 0 Å². The number of nitrogens with one attached hydrogen (secondary N) is 2. The van der Waals surface area contributed by atoms with Gasteiger partial charge in [0.2, 0.25) is 5.95 Å². The molecule has 298 valence electrons. The summed E-state index contributed by atoms with van der Waals surface area (Å²) in [6.45, 7) is -2.21. The third kappa shape index (κ3) is 8.56. The van der Waals surface area contributed by atoms with E-state index in [1.165, 1.54) is 0 Å². The summed E-state index contributed by atoms with van der Waals surface area (Å²) in [5, 5.41) is 31.3. The lowest BCUT2D eigenvalue weighted by Crippen LogP contribution is -2.33. The van der Waals surface area contributed by atoms with E-state index in [4.69, 9.17) is 20.9 Å². The Kier molecular flexibility index (Phi) is 10.9. The Hall–Kier alpha value is -3.34. The topological polar surface area (TPSA) is 454 Å². The van der Waals surface area contributed by atoms with E-state index >= 15 is 0 Å². The molecule has 4 aromatic rings. The molecule has 54 heavy (non-hydrogen) atoms. The van der Waals surface area contributed by atoms with Crippen molar-refractivity contribution >= 4 is 65.4 Å². The molecule has 6 heterocycles. The molecule has 0 bridgehead atoms. The SMILES string of the molecule is Nc1nc2c([nH]c(=O)n2C2C[C@@H](O)C(COP(=O)(O)OP(=O)(O)OP(=O)(O)OP(=O)(O)OC[C@H]3O[C@@H](n4cnc5c(N)ncnc54)C(O)[C@H]3O)O2)c(=O)[nH]1. The van der Waals surface area contributed by atoms with Crippen molar-refractivity contribution in [1.29, 1.82) is 0 Å². The van der Waals surface area contributed by atoms with Crippen molar-refractivity contribution in [1.82, 2.24) is 39.0 Å². The minimum atomic E-state index is -6.21. The van der Waals surface area contributed by atoms with Gasteiger partial charge in [-0.05, 0) is 0 Å². The number of fused-ring (bicyclic) bond motifs is 2. The van der Waals surface area contributed by atoms with E-state index in [0.29, 0.717) is 0 Å². The highest BCUT2D eigenvalue weighted by Crippen LogP contribution is 2.71. The van der Waals surface area contributed by atoms with Crippen molar-refractivity contribution in [3.63, 3.8) is 0 Å². The number of aliphatic hydroxyl groups is 3. The van der Waals surface area contributed by atoms with Gasteiger partial charge in [-0.25, -0.2) is 42.6 Å². The molecule has 0 amide bonds. The van der Waals surface area contributed by atoms with E-state index < -0.39 is 98.7 Å². The number of nitrogen functional groups attached to an aromatic ring is 2. The Bertz CT molecular complexity index is 2380. The van der Waals surface area contributed by atoms with Crippen molar-refractivity contribution in [2.75, 3.05) is 24.7 Å². The van der Waals surface area contributed by atoms with Gasteiger partial charge in [0.15, 0.2) is 28.9 Å². The van der Waals surface area contributed by atoms with Gasteiger partial charge in [0.25, 0.3) is 5.56 Å². The highest BCUT2D eigenvalue weighted by atomic mass is 31.3. The fourth-order valence-electron chi connectivity index (χ4n) is 5.28. The van der Waals surface area contributed by atoms with Crippen LogP contribution in [0.1, 0.15) is 18.9 Å². The molecule has 30 nitrogen and oxygen atoms in total. The number of aliphatic hydroxyl groups excluding tert-OH is 3. The highest BCUT2D eigenvalue weighted by Gasteiger charge is 2.49. The number of H-pyrrole nitrogens is 2. The molecular weight excluding hydrogens is 824 g/mol. The number of rotatable bonds is 14. The van der Waals surface area contributed by atoms with Gasteiger partial charge in [-0.3, -0.25) is 28.4 Å². The second kappa shape index (κ2) is 14.6. The lowest BCUT2D eigenvalue weighted by molar-refractivity contribution is -0.0503. The number of nitrogens with zero attached hydrogens (tertiary/aromatic N) is 6. The summed E-state index contributed by atoms with van der Waals surface area (Å²) >= 11 is 0. The summed E-state index contributed by atoms with van der Waals surface area (Å²) in [5.74, 6) is -0.384. The number of aromatic nitrogens is 8. The summed E-state index contributed by atoms with van der Waals surface area (Å²) in [6.07, 6.45) is -9.12. The molecule has 13 N–H and O–H groups in total. The van der Waals surface area contributed by atoms with Crippen LogP contribution >= 0.6 is 31.3 Å². The first-order valence-electron chi connectivity index (χ1n) is 14.6. The molecule has 4 aromatic heterocycles. The standard InChI is InChI=1S/C20H28N10O20P4/c21-14-10-15(24-4-23-14)29(5-25-10)18-13(33)12(32)8(47-18)3-45-52(38,39)49-54(42,43)50-53(40,41)48-51(36,37)44-2-7-6(31)1-9(46-7)30-16-11(26-20(30)35)17(34)28-19(22)27-16/h4-9,12-13,18,31-33H,1-3H2,(H,26,35)(H,36,37)(H,38,39)(H,40,41)(H,42,43)(H2,21,23,24)(H3,22,27,28,34)/t6-,7?,8-,9?,12+,13?,18-/m1/s1. The molecule has 11 atom stereocenters. The van der Waals surface area contributed by atoms with Gasteiger partial charge in [0.05, 0.1) is 25.6 Å². The number of hydrogen-bond acceptors (Lipinski definition) is 22. The average molecular weight is 852 g/mol. The first kappa shape index (κ1) is 40.3. The van der Waals surface area contributed by atoms with Crippen molar-refractivity contribution in [3.05, 3.63) is 33.5 Å². The lowest BCUT2D eigenvalue weighted by atomic mass is 10.1. The van der Waals surface area contributed by atoms with Gasteiger partial charge in [-0.2, -0.15) is 17.9 Å². The molecule has 0 radical (unpaired) electrons. The van der Waals surface area contributed by atoms with Gasteiger partial charge in [0, 0.05) is 6.42 Å². The number of phosphoric ester groups is 2. The Morgan fingerprint density at radius 1 is 0.815 bits per heavy atom. The number of hydrogen-bond donors (Lipinski definition) is 11. The van der Waals surface area contributed by atoms with Gasteiger partial charge in [0.1, 0.15) is 42.5 Å². The summed E-state index contributed by atoms with van der Waals surface area (Å²) in [5.41, 5.74) is 9.17. The molecule has 0 saturated carbocycles. The molecule has 2 saturated heterocycles. The number of ether oxygens (including phenoxy) is 2. The number of nitrogens with two attached hydrogens (primary N) is 2. The Morgan fingerprint density at radius 2 is 1.43 bits per heavy atom. The third-order valence-corrected chi connectivity index (χ3v) is 13.4. The quantitative estimate of drug-likeness (QED) is 0.0569. The van der Waals surface area contributed by atoms with E-state index in [1.807, 2.05) is 0 Å². The monoisotopic (exact) mass is 852 g/mol. The predicted molar refractivity (Wildman–Crippen MR) is 170 cm³/mol. The highest BCUT2D eigenvalue weighted by molar-refractivity contribution is 7.69. The fourth-order valence-corrected chi connectivity index (χ4v) is 10.2. The van der Waals surface area contributed by atoms with Crippen LogP contribution in [-0.2, 0) is 49.7 Å². The van der Waals surface area contributed by atoms with Crippen LogP contribution in [0.4, 0.5) is 11.8 Å². The van der Waals surface area contributed by atoms with Crippen molar-refractivity contribution in [3.8, 4) is 0 Å². The molecule has 0 spiro atoms. The van der Waals surface area contributed by atoms with Crippen LogP contribution in [0.2, 0.25) is 0 Å². The zero-order chi connectivity index (χ0) is 39.5. The van der Waals surface area contributed by atoms with Gasteiger partial charge < -0.3 is 55.8 Å². The van der Waals surface area contributed by atoms with E-state index in [9.17, 15) is 62.7 Å². The van der Waals surface area contributed by atoms with Crippen LogP contribution < -0.4 is 22.7 Å². The van der Waals surface area contributed by atoms with Crippen LogP contribution in [0.5, 0.6) is 0 Å². The maximum atomic E-state index is 12.5. The molecule has 2 aliphatic rings. The maximum Gasteiger partial charge on any atom is 0.490 e. The van der Waals surface area contributed by atoms with E-state index in [-0.39, 0.29) is 40.5 Å². The number of aromatic amines is 2. The van der Waals surface area contributed by atoms with Crippen LogP contribution in [-0.4, -0.2) is 118 Å². The van der Waals surface area contributed by atoms with E-state index in [0.717, 1.165) is 21.8 Å². The summed E-state index contributed by atoms with van der Waals surface area (Å²) in [7, 11) is -24.0. The Morgan fingerprint density at radius 3 is 2.07 bits per heavy atom. The molecule has 0 aromatic carbocycles. The van der Waals surface area contributed by atoms with Crippen molar-refractivity contribution in [2.24, 2.45) is 0 Å². The van der Waals surface area contributed by atoms with E-state index in [2.05, 4.69) is 51.9 Å². The van der Waals surface area contributed by atoms with Gasteiger partial charge in [-0.15, -0.1) is 0 Å². The van der Waals surface area contributed by atoms with Crippen LogP contribution in [0.3, 0.4) is 0 Å². The smallest absolute Gasteiger partial charge is 0.390 e. The second-order valence-corrected chi connectivity index (χ2v) is 17.4. The van der Waals surface area contributed by atoms with E-state index in [1.54, 1.807) is 0 Å². The third-order valence-electron chi connectivity index (χ3n) is 7.51. The van der Waals surface area contributed by atoms with Crippen molar-refractivity contribution in [2.45, 2.75) is 49.4 Å². The fraction of sp³-hybridized carbons (Fsp3) is 0.500. The summed E-state index contributed by atoms with van der Waals surface area (Å²) < 4.78 is 83.0. The predicted octanol–water partition coefficient (Wildman–Crippen LogP) is -2.83. The number of anilines is 2. The minimum absolute atomic E-state index is 0.0200. The molecule has 34 heteroatoms. The first-order chi connectivity index (χ1) is 25.1. The molecule has 7 unspecified atom stereocenters. The zero-order valence-electron chi connectivity index (χ0n) is 26.4. The zero-order valence-corrected chi connectivity index (χ0v) is 30.0. The van der Waals surface area contributed by atoms with Gasteiger partial charge >= 0.3 is 37.0 Å². The van der Waals surface area contributed by atoms with Crippen LogP contribution in [0.25, 0.3) is 22.3 Å². The van der Waals surface area contributed by atoms with Crippen LogP contribution in [0, 0.1) is 0 Å². The molecule has 2 fully saturated rings. The average Bonchev–Trinajstić information content (AvgIpc) is 3.78. The lowest BCUT2D eigenvalue weighted by Gasteiger charge is -2.21. The second-order valence-electron chi connectivity index (χ2n) is 11.2. The Balaban J connectivity index is 1.02. The molecule has 0 aliphatic carbocycles. The number of imidazole rings is 2. The minimum Gasteiger partial charge on any atom is -0.390 e. The number of phosphoric acid groups is 4. The first-order valence-corrected chi connectivity index (χ1v) is 20.6. The molecular formula is C20H28N10O20P4. The van der Waals surface area contributed by atoms with Crippen LogP contribution in [0.15, 0.2) is 22.2 Å². The summed E-state index contributed by atoms with van der Waals surface area (Å²) in [6, 6.07) is 0. The normalized spacial score (nSPS) is 29.2. The summed E-state index contributed by atoms with van der Waals surface area (Å²) in [4.78, 5) is 84.1. The maximum absolute atomic E-state index is 12.5. The van der Waals surface area contributed by atoms with Crippen molar-refractivity contribution < 1.29 is 84.6 Å². The largest absolute Gasteiger partial charge is 0.490 e. The molecule has 2 aliphatic heterocycles. The molecule has 6 rings (SSSR count). The Labute approximate surface area is 296 Å².